The predicted molar refractivity (Wildman–Crippen MR) is 111 cm³/mol. The number of rotatable bonds is 4. The Balaban J connectivity index is 0.000000209. The van der Waals surface area contributed by atoms with Gasteiger partial charge in [0.25, 0.3) is 10.5 Å². The molecule has 1 fully saturated rings. The van der Waals surface area contributed by atoms with Crippen molar-refractivity contribution in [2.45, 2.75) is 25.7 Å². The first-order valence-electron chi connectivity index (χ1n) is 8.51. The second-order valence-electron chi connectivity index (χ2n) is 6.48. The number of carbonyl (C=O) groups excluding carboxylic acids is 4. The van der Waals surface area contributed by atoms with Crippen molar-refractivity contribution in [2.24, 2.45) is 11.8 Å². The third-order valence-electron chi connectivity index (χ3n) is 4.66. The van der Waals surface area contributed by atoms with Crippen LogP contribution in [-0.4, -0.2) is 21.0 Å². The van der Waals surface area contributed by atoms with E-state index in [4.69, 9.17) is 46.4 Å². The van der Waals surface area contributed by atoms with Crippen LogP contribution in [0.3, 0.4) is 0 Å². The van der Waals surface area contributed by atoms with Crippen LogP contribution in [0.2, 0.25) is 0 Å². The first-order chi connectivity index (χ1) is 13.2. The third kappa shape index (κ3) is 6.28. The molecule has 2 aromatic carbocycles. The second-order valence-corrected chi connectivity index (χ2v) is 7.91. The molecule has 28 heavy (non-hydrogen) atoms. The number of hydrogen-bond donors (Lipinski definition) is 0. The Bertz CT molecular complexity index is 842. The van der Waals surface area contributed by atoms with Gasteiger partial charge in [0.2, 0.25) is 10.5 Å². The molecule has 0 atom stereocenters. The van der Waals surface area contributed by atoms with Crippen molar-refractivity contribution < 1.29 is 19.2 Å². The Morgan fingerprint density at radius 2 is 0.929 bits per heavy atom. The van der Waals surface area contributed by atoms with E-state index in [2.05, 4.69) is 0 Å². The standard InChI is InChI=1S/C12H6Cl2O2.C8H10Cl2O2/c13-11(15)9-3-1-7-5-10(12(14)16)4-2-8(7)6-9;9-7(11)5-1-2-6(4-3-5)8(10)12/h1-6H;5-6H,1-4H2/t;5-,6-. The van der Waals surface area contributed by atoms with Gasteiger partial charge in [0.15, 0.2) is 0 Å². The number of benzene rings is 2. The normalized spacial score (nSPS) is 18.7. The molecular formula is C20H16Cl4O4. The smallest absolute Gasteiger partial charge is 0.252 e. The van der Waals surface area contributed by atoms with E-state index in [0.717, 1.165) is 10.8 Å². The van der Waals surface area contributed by atoms with Crippen LogP contribution in [0.15, 0.2) is 36.4 Å². The molecular weight excluding hydrogens is 446 g/mol. The molecule has 0 radical (unpaired) electrons. The van der Waals surface area contributed by atoms with E-state index in [9.17, 15) is 19.2 Å². The lowest BCUT2D eigenvalue weighted by Crippen LogP contribution is -2.21. The van der Waals surface area contributed by atoms with Crippen molar-refractivity contribution in [2.75, 3.05) is 0 Å². The van der Waals surface area contributed by atoms with Crippen molar-refractivity contribution >= 4 is 78.1 Å². The van der Waals surface area contributed by atoms with Gasteiger partial charge in [-0.2, -0.15) is 0 Å². The highest BCUT2D eigenvalue weighted by molar-refractivity contribution is 6.68. The van der Waals surface area contributed by atoms with E-state index in [-0.39, 0.29) is 22.3 Å². The van der Waals surface area contributed by atoms with Crippen LogP contribution in [0.25, 0.3) is 10.8 Å². The maximum atomic E-state index is 11.0. The lowest BCUT2D eigenvalue weighted by Gasteiger charge is -2.23. The van der Waals surface area contributed by atoms with Gasteiger partial charge < -0.3 is 0 Å². The Kier molecular flexibility index (Phi) is 8.44. The zero-order valence-electron chi connectivity index (χ0n) is 14.6. The Morgan fingerprint density at radius 3 is 1.18 bits per heavy atom. The SMILES string of the molecule is O=C(Cl)[C@H]1CC[C@H](C(=O)Cl)CC1.O=C(Cl)c1ccc2cc(C(=O)Cl)ccc2c1. The molecule has 0 unspecified atom stereocenters. The van der Waals surface area contributed by atoms with Gasteiger partial charge >= 0.3 is 0 Å². The molecule has 3 rings (SSSR count). The highest BCUT2D eigenvalue weighted by atomic mass is 35.5. The topological polar surface area (TPSA) is 68.3 Å². The lowest BCUT2D eigenvalue weighted by molar-refractivity contribution is -0.120. The molecule has 148 valence electrons. The number of carbonyl (C=O) groups is 4. The van der Waals surface area contributed by atoms with Gasteiger partial charge in [0.05, 0.1) is 0 Å². The van der Waals surface area contributed by atoms with Gasteiger partial charge in [-0.1, -0.05) is 12.1 Å². The van der Waals surface area contributed by atoms with E-state index in [1.165, 1.54) is 0 Å². The molecule has 0 bridgehead atoms. The largest absolute Gasteiger partial charge is 0.281 e. The molecule has 0 amide bonds. The Morgan fingerprint density at radius 1 is 0.607 bits per heavy atom. The minimum atomic E-state index is -0.501. The molecule has 1 saturated carbocycles. The third-order valence-corrected chi connectivity index (χ3v) is 5.72. The molecule has 0 spiro atoms. The predicted octanol–water partition coefficient (Wildman–Crippen LogP) is 5.92. The molecule has 2 aromatic rings. The summed E-state index contributed by atoms with van der Waals surface area (Å²) in [4.78, 5) is 43.4. The van der Waals surface area contributed by atoms with Crippen LogP contribution in [0, 0.1) is 11.8 Å². The fourth-order valence-electron chi connectivity index (χ4n) is 3.04. The highest BCUT2D eigenvalue weighted by Crippen LogP contribution is 2.31. The zero-order valence-corrected chi connectivity index (χ0v) is 17.6. The van der Waals surface area contributed by atoms with Gasteiger partial charge in [-0.15, -0.1) is 0 Å². The highest BCUT2D eigenvalue weighted by Gasteiger charge is 2.28. The maximum Gasteiger partial charge on any atom is 0.252 e. The molecule has 1 aliphatic rings. The van der Waals surface area contributed by atoms with Gasteiger partial charge in [-0.3, -0.25) is 19.2 Å². The van der Waals surface area contributed by atoms with Crippen molar-refractivity contribution in [3.63, 3.8) is 0 Å². The van der Waals surface area contributed by atoms with Crippen LogP contribution in [-0.2, 0) is 9.59 Å². The Hall–Kier alpha value is -1.46. The molecule has 0 N–H and O–H groups in total. The molecule has 0 aromatic heterocycles. The van der Waals surface area contributed by atoms with E-state index >= 15 is 0 Å². The second kappa shape index (κ2) is 10.4. The summed E-state index contributed by atoms with van der Waals surface area (Å²) >= 11 is 21.4. The van der Waals surface area contributed by atoms with Crippen LogP contribution < -0.4 is 0 Å². The number of fused-ring (bicyclic) bond motifs is 1. The maximum absolute atomic E-state index is 11.0. The van der Waals surface area contributed by atoms with E-state index < -0.39 is 10.5 Å². The van der Waals surface area contributed by atoms with Gasteiger partial charge in [-0.25, -0.2) is 0 Å². The molecule has 4 nitrogen and oxygen atoms in total. The average Bonchev–Trinajstić information content (AvgIpc) is 2.67. The molecule has 8 heteroatoms. The summed E-state index contributed by atoms with van der Waals surface area (Å²) in [5.74, 6) is -0.113. The van der Waals surface area contributed by atoms with Gasteiger partial charge in [0.1, 0.15) is 0 Å². The van der Waals surface area contributed by atoms with Crippen molar-refractivity contribution in [3.05, 3.63) is 47.5 Å². The van der Waals surface area contributed by atoms with Crippen molar-refractivity contribution in [3.8, 4) is 0 Å². The van der Waals surface area contributed by atoms with E-state index in [0.29, 0.717) is 36.8 Å². The monoisotopic (exact) mass is 460 g/mol. The summed E-state index contributed by atoms with van der Waals surface area (Å²) in [6, 6.07) is 10.0. The first kappa shape index (κ1) is 22.8. The summed E-state index contributed by atoms with van der Waals surface area (Å²) in [6.45, 7) is 0. The van der Waals surface area contributed by atoms with Crippen molar-refractivity contribution in [1.29, 1.82) is 0 Å². The van der Waals surface area contributed by atoms with Crippen LogP contribution in [0.5, 0.6) is 0 Å². The lowest BCUT2D eigenvalue weighted by atomic mass is 9.83. The van der Waals surface area contributed by atoms with Crippen molar-refractivity contribution in [1.82, 2.24) is 0 Å². The minimum absolute atomic E-state index is 0.0565. The summed E-state index contributed by atoms with van der Waals surface area (Å²) in [6.07, 6.45) is 2.80. The van der Waals surface area contributed by atoms with Gasteiger partial charge in [-0.05, 0) is 107 Å². The first-order valence-corrected chi connectivity index (χ1v) is 10.0. The Labute approximate surface area is 182 Å². The summed E-state index contributed by atoms with van der Waals surface area (Å²) < 4.78 is 0. The molecule has 1 aliphatic carbocycles. The summed E-state index contributed by atoms with van der Waals surface area (Å²) in [5, 5.41) is 0.117. The van der Waals surface area contributed by atoms with Crippen LogP contribution >= 0.6 is 46.4 Å². The molecule has 0 saturated heterocycles. The van der Waals surface area contributed by atoms with Crippen LogP contribution in [0.1, 0.15) is 46.4 Å². The van der Waals surface area contributed by atoms with Crippen LogP contribution in [0.4, 0.5) is 0 Å². The molecule has 0 aliphatic heterocycles. The average molecular weight is 462 g/mol. The number of halogens is 4. The zero-order chi connectivity index (χ0) is 20.8. The quantitative estimate of drug-likeness (QED) is 0.529. The fraction of sp³-hybridized carbons (Fsp3) is 0.300. The summed E-state index contributed by atoms with van der Waals surface area (Å²) in [5.41, 5.74) is 0.859. The van der Waals surface area contributed by atoms with E-state index in [1.54, 1.807) is 36.4 Å². The number of hydrogen-bond acceptors (Lipinski definition) is 4. The van der Waals surface area contributed by atoms with E-state index in [1.807, 2.05) is 0 Å². The molecule has 0 heterocycles. The fourth-order valence-corrected chi connectivity index (χ4v) is 3.71. The van der Waals surface area contributed by atoms with Gasteiger partial charge in [0, 0.05) is 23.0 Å². The minimum Gasteiger partial charge on any atom is -0.281 e. The summed E-state index contributed by atoms with van der Waals surface area (Å²) in [7, 11) is 0.